The number of halogens is 1. The number of carboxylic acid groups (broad SMARTS) is 1. The highest BCUT2D eigenvalue weighted by molar-refractivity contribution is 6.34. The third kappa shape index (κ3) is 1.72. The monoisotopic (exact) mass is 239 g/mol. The largest absolute Gasteiger partial charge is 0.494 e. The molecule has 0 atom stereocenters. The summed E-state index contributed by atoms with van der Waals surface area (Å²) in [5, 5.41) is 9.72. The number of carbonyl (C=O) groups is 1. The van der Waals surface area contributed by atoms with E-state index in [1.807, 2.05) is 6.92 Å². The van der Waals surface area contributed by atoms with Crippen LogP contribution in [0.25, 0.3) is 10.9 Å². The van der Waals surface area contributed by atoms with Gasteiger partial charge in [0.05, 0.1) is 6.61 Å². The molecule has 0 fully saturated rings. The van der Waals surface area contributed by atoms with Crippen LogP contribution < -0.4 is 4.74 Å². The smallest absolute Gasteiger partial charge is 0.339 e. The molecule has 0 saturated carbocycles. The van der Waals surface area contributed by atoms with Gasteiger partial charge < -0.3 is 14.8 Å². The lowest BCUT2D eigenvalue weighted by Crippen LogP contribution is -1.96. The van der Waals surface area contributed by atoms with Gasteiger partial charge in [0.25, 0.3) is 0 Å². The van der Waals surface area contributed by atoms with E-state index in [9.17, 15) is 4.79 Å². The number of aromatic nitrogens is 1. The molecule has 0 spiro atoms. The van der Waals surface area contributed by atoms with E-state index in [1.165, 1.54) is 0 Å². The molecule has 2 N–H and O–H groups in total. The summed E-state index contributed by atoms with van der Waals surface area (Å²) in [5.74, 6) is -0.418. The fourth-order valence-corrected chi connectivity index (χ4v) is 1.89. The molecule has 0 aliphatic heterocycles. The fraction of sp³-hybridized carbons (Fsp3) is 0.182. The van der Waals surface area contributed by atoms with E-state index >= 15 is 0 Å². The molecule has 0 aliphatic carbocycles. The maximum absolute atomic E-state index is 11.0. The third-order valence-corrected chi connectivity index (χ3v) is 2.53. The number of hydrogen-bond donors (Lipinski definition) is 2. The Labute approximate surface area is 96.8 Å². The van der Waals surface area contributed by atoms with E-state index in [4.69, 9.17) is 21.4 Å². The Morgan fingerprint density at radius 1 is 1.56 bits per heavy atom. The van der Waals surface area contributed by atoms with Gasteiger partial charge in [-0.05, 0) is 25.1 Å². The molecule has 0 bridgehead atoms. The highest BCUT2D eigenvalue weighted by Crippen LogP contribution is 2.29. The van der Waals surface area contributed by atoms with Gasteiger partial charge in [0.2, 0.25) is 0 Å². The molecular formula is C11H10ClNO3. The normalized spacial score (nSPS) is 10.6. The fourth-order valence-electron chi connectivity index (χ4n) is 1.60. The van der Waals surface area contributed by atoms with Crippen molar-refractivity contribution in [3.8, 4) is 5.75 Å². The number of benzene rings is 1. The number of aromatic carboxylic acids is 1. The second-order valence-electron chi connectivity index (χ2n) is 3.26. The van der Waals surface area contributed by atoms with Crippen molar-refractivity contribution in [2.24, 2.45) is 0 Å². The summed E-state index contributed by atoms with van der Waals surface area (Å²) in [6.07, 6.45) is 0. The van der Waals surface area contributed by atoms with Gasteiger partial charge in [0.15, 0.2) is 0 Å². The molecule has 84 valence electrons. The highest BCUT2D eigenvalue weighted by atomic mass is 35.5. The Morgan fingerprint density at radius 2 is 2.31 bits per heavy atom. The zero-order chi connectivity index (χ0) is 11.7. The summed E-state index contributed by atoms with van der Waals surface area (Å²) in [5.41, 5.74) is 0.768. The summed E-state index contributed by atoms with van der Waals surface area (Å²) in [7, 11) is 0. The molecule has 0 radical (unpaired) electrons. The number of carboxylic acids is 1. The summed E-state index contributed by atoms with van der Waals surface area (Å²) >= 11 is 5.81. The maximum Gasteiger partial charge on any atom is 0.339 e. The molecule has 1 aromatic carbocycles. The average molecular weight is 240 g/mol. The molecule has 4 nitrogen and oxygen atoms in total. The van der Waals surface area contributed by atoms with Crippen LogP contribution in [0.4, 0.5) is 0 Å². The van der Waals surface area contributed by atoms with Crippen molar-refractivity contribution >= 4 is 28.5 Å². The molecule has 5 heteroatoms. The number of nitrogens with one attached hydrogen (secondary N) is 1. The number of rotatable bonds is 3. The van der Waals surface area contributed by atoms with Gasteiger partial charge >= 0.3 is 5.97 Å². The van der Waals surface area contributed by atoms with Gasteiger partial charge in [-0.1, -0.05) is 11.6 Å². The first-order valence-electron chi connectivity index (χ1n) is 4.80. The maximum atomic E-state index is 11.0. The number of fused-ring (bicyclic) bond motifs is 1. The van der Waals surface area contributed by atoms with Crippen molar-refractivity contribution in [1.29, 1.82) is 0 Å². The van der Waals surface area contributed by atoms with E-state index in [0.717, 1.165) is 0 Å². The standard InChI is InChI=1S/C11H10ClNO3/c1-2-16-6-3-4-8-7(5-6)9(11(14)15)10(12)13-8/h3-5,13H,2H2,1H3,(H,14,15). The van der Waals surface area contributed by atoms with Crippen LogP contribution in [0.1, 0.15) is 17.3 Å². The summed E-state index contributed by atoms with van der Waals surface area (Å²) in [6.45, 7) is 2.40. The second-order valence-corrected chi connectivity index (χ2v) is 3.64. The first kappa shape index (κ1) is 10.8. The molecule has 0 amide bonds. The van der Waals surface area contributed by atoms with E-state index in [-0.39, 0.29) is 10.7 Å². The molecule has 0 unspecified atom stereocenters. The lowest BCUT2D eigenvalue weighted by molar-refractivity contribution is 0.0699. The lowest BCUT2D eigenvalue weighted by atomic mass is 10.1. The van der Waals surface area contributed by atoms with E-state index in [2.05, 4.69) is 4.98 Å². The lowest BCUT2D eigenvalue weighted by Gasteiger charge is -2.02. The topological polar surface area (TPSA) is 62.3 Å². The molecular weight excluding hydrogens is 230 g/mol. The Hall–Kier alpha value is -1.68. The SMILES string of the molecule is CCOc1ccc2[nH]c(Cl)c(C(=O)O)c2c1. The van der Waals surface area contributed by atoms with Gasteiger partial charge in [0.1, 0.15) is 16.5 Å². The van der Waals surface area contributed by atoms with Crippen molar-refractivity contribution in [3.05, 3.63) is 28.9 Å². The van der Waals surface area contributed by atoms with Gasteiger partial charge in [0, 0.05) is 10.9 Å². The first-order chi connectivity index (χ1) is 7.63. The third-order valence-electron chi connectivity index (χ3n) is 2.25. The van der Waals surface area contributed by atoms with Gasteiger partial charge in [-0.15, -0.1) is 0 Å². The Bertz CT molecular complexity index is 547. The Balaban J connectivity index is 2.64. The number of H-pyrrole nitrogens is 1. The van der Waals surface area contributed by atoms with Crippen LogP contribution in [0.2, 0.25) is 5.15 Å². The van der Waals surface area contributed by atoms with Crippen LogP contribution in [-0.4, -0.2) is 22.7 Å². The van der Waals surface area contributed by atoms with Crippen LogP contribution in [0.15, 0.2) is 18.2 Å². The minimum atomic E-state index is -1.05. The van der Waals surface area contributed by atoms with E-state index in [0.29, 0.717) is 23.3 Å². The number of aromatic amines is 1. The highest BCUT2D eigenvalue weighted by Gasteiger charge is 2.16. The van der Waals surface area contributed by atoms with Crippen LogP contribution in [0.3, 0.4) is 0 Å². The second kappa shape index (κ2) is 4.06. The van der Waals surface area contributed by atoms with Crippen LogP contribution >= 0.6 is 11.6 Å². The molecule has 1 aromatic heterocycles. The Morgan fingerprint density at radius 3 is 2.94 bits per heavy atom. The summed E-state index contributed by atoms with van der Waals surface area (Å²) in [6, 6.07) is 5.19. The predicted octanol–water partition coefficient (Wildman–Crippen LogP) is 2.92. The Kier molecular flexibility index (Phi) is 2.75. The minimum absolute atomic E-state index is 0.0817. The van der Waals surface area contributed by atoms with Crippen molar-refractivity contribution in [2.75, 3.05) is 6.61 Å². The molecule has 1 heterocycles. The van der Waals surface area contributed by atoms with Crippen molar-refractivity contribution < 1.29 is 14.6 Å². The van der Waals surface area contributed by atoms with Crippen LogP contribution in [0.5, 0.6) is 5.75 Å². The van der Waals surface area contributed by atoms with Gasteiger partial charge in [-0.25, -0.2) is 4.79 Å². The van der Waals surface area contributed by atoms with Crippen molar-refractivity contribution in [1.82, 2.24) is 4.98 Å². The van der Waals surface area contributed by atoms with Crippen LogP contribution in [0, 0.1) is 0 Å². The zero-order valence-corrected chi connectivity index (χ0v) is 9.34. The quantitative estimate of drug-likeness (QED) is 0.866. The predicted molar refractivity (Wildman–Crippen MR) is 61.4 cm³/mol. The van der Waals surface area contributed by atoms with Crippen molar-refractivity contribution in [3.63, 3.8) is 0 Å². The minimum Gasteiger partial charge on any atom is -0.494 e. The van der Waals surface area contributed by atoms with Gasteiger partial charge in [-0.3, -0.25) is 0 Å². The van der Waals surface area contributed by atoms with Gasteiger partial charge in [-0.2, -0.15) is 0 Å². The summed E-state index contributed by atoms with van der Waals surface area (Å²) < 4.78 is 5.31. The molecule has 2 rings (SSSR count). The first-order valence-corrected chi connectivity index (χ1v) is 5.18. The molecule has 0 saturated heterocycles. The molecule has 16 heavy (non-hydrogen) atoms. The number of hydrogen-bond acceptors (Lipinski definition) is 2. The number of ether oxygens (including phenoxy) is 1. The molecule has 2 aromatic rings. The summed E-state index contributed by atoms with van der Waals surface area (Å²) in [4.78, 5) is 13.8. The average Bonchev–Trinajstić information content (AvgIpc) is 2.53. The molecule has 0 aliphatic rings. The van der Waals surface area contributed by atoms with E-state index in [1.54, 1.807) is 18.2 Å². The van der Waals surface area contributed by atoms with Crippen LogP contribution in [-0.2, 0) is 0 Å². The zero-order valence-electron chi connectivity index (χ0n) is 8.58. The van der Waals surface area contributed by atoms with Crippen molar-refractivity contribution in [2.45, 2.75) is 6.92 Å². The van der Waals surface area contributed by atoms with E-state index < -0.39 is 5.97 Å².